The molecule has 0 amide bonds. The van der Waals surface area contributed by atoms with Gasteiger partial charge in [-0.1, -0.05) is 29.8 Å². The molecule has 0 saturated carbocycles. The molecule has 2 aromatic heterocycles. The number of fused-ring (bicyclic) bond motifs is 1. The first-order valence-corrected chi connectivity index (χ1v) is 10.7. The van der Waals surface area contributed by atoms with Gasteiger partial charge in [-0.05, 0) is 37.3 Å². The number of anilines is 1. The zero-order valence-electron chi connectivity index (χ0n) is 14.7. The zero-order valence-corrected chi connectivity index (χ0v) is 15.5. The number of benzene rings is 1. The van der Waals surface area contributed by atoms with Gasteiger partial charge in [0.05, 0.1) is 17.7 Å². The summed E-state index contributed by atoms with van der Waals surface area (Å²) in [4.78, 5) is 4.73. The second kappa shape index (κ2) is 6.72. The molecule has 0 unspecified atom stereocenters. The first kappa shape index (κ1) is 17.0. The van der Waals surface area contributed by atoms with E-state index < -0.39 is 9.84 Å². The van der Waals surface area contributed by atoms with E-state index >= 15 is 0 Å². The first-order valence-electron chi connectivity index (χ1n) is 8.86. The molecule has 1 aliphatic heterocycles. The van der Waals surface area contributed by atoms with Gasteiger partial charge in [0, 0.05) is 18.3 Å². The molecule has 1 fully saturated rings. The molecular weight excluding hydrogens is 348 g/mol. The summed E-state index contributed by atoms with van der Waals surface area (Å²) in [5, 5.41) is 7.76. The van der Waals surface area contributed by atoms with Crippen molar-refractivity contribution in [2.45, 2.75) is 19.8 Å². The summed E-state index contributed by atoms with van der Waals surface area (Å²) in [6, 6.07) is 10.2. The monoisotopic (exact) mass is 370 g/mol. The van der Waals surface area contributed by atoms with E-state index in [9.17, 15) is 8.42 Å². The molecule has 0 spiro atoms. The maximum absolute atomic E-state index is 11.5. The molecule has 1 saturated heterocycles. The van der Waals surface area contributed by atoms with Crippen molar-refractivity contribution < 1.29 is 8.42 Å². The predicted molar refractivity (Wildman–Crippen MR) is 103 cm³/mol. The van der Waals surface area contributed by atoms with Gasteiger partial charge < -0.3 is 5.32 Å². The Kier molecular flexibility index (Phi) is 4.40. The van der Waals surface area contributed by atoms with E-state index in [0.717, 1.165) is 42.0 Å². The van der Waals surface area contributed by atoms with E-state index in [2.05, 4.69) is 35.5 Å². The average molecular weight is 370 g/mol. The lowest BCUT2D eigenvalue weighted by Gasteiger charge is -2.22. The molecule has 7 heteroatoms. The average Bonchev–Trinajstić information content (AvgIpc) is 3.04. The van der Waals surface area contributed by atoms with Crippen molar-refractivity contribution in [3.8, 4) is 11.1 Å². The molecule has 0 aliphatic carbocycles. The summed E-state index contributed by atoms with van der Waals surface area (Å²) >= 11 is 0. The molecule has 0 radical (unpaired) electrons. The van der Waals surface area contributed by atoms with Crippen LogP contribution in [0.4, 0.5) is 5.82 Å². The van der Waals surface area contributed by atoms with Gasteiger partial charge in [-0.2, -0.15) is 5.10 Å². The Labute approximate surface area is 153 Å². The summed E-state index contributed by atoms with van der Waals surface area (Å²) < 4.78 is 24.9. The van der Waals surface area contributed by atoms with Crippen LogP contribution in [0.3, 0.4) is 0 Å². The van der Waals surface area contributed by atoms with Crippen molar-refractivity contribution in [1.29, 1.82) is 0 Å². The minimum Gasteiger partial charge on any atom is -0.370 e. The fourth-order valence-corrected chi connectivity index (χ4v) is 4.96. The third kappa shape index (κ3) is 3.58. The van der Waals surface area contributed by atoms with Gasteiger partial charge in [-0.15, -0.1) is 0 Å². The van der Waals surface area contributed by atoms with Crippen LogP contribution >= 0.6 is 0 Å². The molecule has 3 aromatic rings. The Morgan fingerprint density at radius 2 is 2.04 bits per heavy atom. The Bertz CT molecular complexity index is 1030. The second-order valence-electron chi connectivity index (χ2n) is 6.98. The summed E-state index contributed by atoms with van der Waals surface area (Å²) in [7, 11) is -2.81. The van der Waals surface area contributed by atoms with E-state index in [1.165, 1.54) is 5.56 Å². The van der Waals surface area contributed by atoms with Gasteiger partial charge in [0.1, 0.15) is 15.7 Å². The van der Waals surface area contributed by atoms with Crippen LogP contribution in [0.1, 0.15) is 18.4 Å². The predicted octanol–water partition coefficient (Wildman–Crippen LogP) is 2.94. The standard InChI is InChI=1S/C19H22N4O2S/c1-14-3-2-4-16(11-14)17-13-21-23-8-5-18(22-19(17)23)20-12-15-6-9-26(24,25)10-7-15/h2-5,8,11,13,15H,6-7,9-10,12H2,1H3,(H,20,22). The number of nitrogens with one attached hydrogen (secondary N) is 1. The molecule has 1 N–H and O–H groups in total. The van der Waals surface area contributed by atoms with Crippen molar-refractivity contribution in [2.24, 2.45) is 5.92 Å². The molecule has 6 nitrogen and oxygen atoms in total. The van der Waals surface area contributed by atoms with Gasteiger partial charge in [-0.25, -0.2) is 17.9 Å². The number of rotatable bonds is 4. The smallest absolute Gasteiger partial charge is 0.165 e. The third-order valence-corrected chi connectivity index (χ3v) is 6.66. The molecular formula is C19H22N4O2S. The number of hydrogen-bond donors (Lipinski definition) is 1. The summed E-state index contributed by atoms with van der Waals surface area (Å²) in [6.07, 6.45) is 5.18. The maximum Gasteiger partial charge on any atom is 0.165 e. The lowest BCUT2D eigenvalue weighted by Crippen LogP contribution is -2.27. The number of hydrogen-bond acceptors (Lipinski definition) is 5. The van der Waals surface area contributed by atoms with E-state index in [1.807, 2.05) is 24.5 Å². The normalized spacial score (nSPS) is 17.4. The van der Waals surface area contributed by atoms with Gasteiger partial charge in [0.15, 0.2) is 5.65 Å². The summed E-state index contributed by atoms with van der Waals surface area (Å²) in [6.45, 7) is 2.81. The molecule has 136 valence electrons. The number of aromatic nitrogens is 3. The van der Waals surface area contributed by atoms with Crippen LogP contribution < -0.4 is 5.32 Å². The van der Waals surface area contributed by atoms with E-state index in [0.29, 0.717) is 17.4 Å². The molecule has 26 heavy (non-hydrogen) atoms. The number of sulfone groups is 1. The third-order valence-electron chi connectivity index (χ3n) is 4.94. The molecule has 4 rings (SSSR count). The van der Waals surface area contributed by atoms with Crippen molar-refractivity contribution >= 4 is 21.3 Å². The van der Waals surface area contributed by atoms with Crippen molar-refractivity contribution in [3.05, 3.63) is 48.3 Å². The Balaban J connectivity index is 1.53. The molecule has 1 aromatic carbocycles. The fourth-order valence-electron chi connectivity index (χ4n) is 3.38. The molecule has 0 atom stereocenters. The Morgan fingerprint density at radius 1 is 1.23 bits per heavy atom. The highest BCUT2D eigenvalue weighted by molar-refractivity contribution is 7.91. The second-order valence-corrected chi connectivity index (χ2v) is 9.29. The fraction of sp³-hybridized carbons (Fsp3) is 0.368. The van der Waals surface area contributed by atoms with E-state index in [1.54, 1.807) is 4.52 Å². The number of nitrogens with zero attached hydrogens (tertiary/aromatic N) is 3. The van der Waals surface area contributed by atoms with Crippen LogP contribution in [0.5, 0.6) is 0 Å². The Morgan fingerprint density at radius 3 is 2.81 bits per heavy atom. The van der Waals surface area contributed by atoms with Gasteiger partial charge in [-0.3, -0.25) is 0 Å². The van der Waals surface area contributed by atoms with Crippen LogP contribution in [0, 0.1) is 12.8 Å². The summed E-state index contributed by atoms with van der Waals surface area (Å²) in [5.41, 5.74) is 4.11. The van der Waals surface area contributed by atoms with Crippen molar-refractivity contribution in [3.63, 3.8) is 0 Å². The minimum absolute atomic E-state index is 0.298. The molecule has 1 aliphatic rings. The van der Waals surface area contributed by atoms with Crippen LogP contribution in [-0.2, 0) is 9.84 Å². The SMILES string of the molecule is Cc1cccc(-c2cnn3ccc(NCC4CCS(=O)(=O)CC4)nc23)c1. The highest BCUT2D eigenvalue weighted by Gasteiger charge is 2.23. The van der Waals surface area contributed by atoms with Gasteiger partial charge in [0.2, 0.25) is 0 Å². The zero-order chi connectivity index (χ0) is 18.1. The van der Waals surface area contributed by atoms with Crippen LogP contribution in [0.25, 0.3) is 16.8 Å². The summed E-state index contributed by atoms with van der Waals surface area (Å²) in [5.74, 6) is 1.76. The van der Waals surface area contributed by atoms with Crippen LogP contribution in [0.2, 0.25) is 0 Å². The van der Waals surface area contributed by atoms with Crippen molar-refractivity contribution in [2.75, 3.05) is 23.4 Å². The maximum atomic E-state index is 11.5. The quantitative estimate of drug-likeness (QED) is 0.764. The highest BCUT2D eigenvalue weighted by atomic mass is 32.2. The lowest BCUT2D eigenvalue weighted by molar-refractivity contribution is 0.484. The number of aryl methyl sites for hydroxylation is 1. The minimum atomic E-state index is -2.81. The van der Waals surface area contributed by atoms with Crippen molar-refractivity contribution in [1.82, 2.24) is 14.6 Å². The van der Waals surface area contributed by atoms with Gasteiger partial charge >= 0.3 is 0 Å². The van der Waals surface area contributed by atoms with Crippen LogP contribution in [0.15, 0.2) is 42.7 Å². The van der Waals surface area contributed by atoms with E-state index in [-0.39, 0.29) is 0 Å². The van der Waals surface area contributed by atoms with Crippen LogP contribution in [-0.4, -0.2) is 41.1 Å². The first-order chi connectivity index (χ1) is 12.5. The topological polar surface area (TPSA) is 76.4 Å². The lowest BCUT2D eigenvalue weighted by atomic mass is 10.0. The molecule has 0 bridgehead atoms. The largest absolute Gasteiger partial charge is 0.370 e. The molecule has 3 heterocycles. The van der Waals surface area contributed by atoms with E-state index in [4.69, 9.17) is 4.98 Å². The van der Waals surface area contributed by atoms with Gasteiger partial charge in [0.25, 0.3) is 0 Å². The highest BCUT2D eigenvalue weighted by Crippen LogP contribution is 2.25. The Hall–Kier alpha value is -2.41.